The number of aromatic nitrogens is 3. The van der Waals surface area contributed by atoms with Crippen LogP contribution in [-0.4, -0.2) is 14.8 Å². The Morgan fingerprint density at radius 2 is 2.22 bits per heavy atom. The summed E-state index contributed by atoms with van der Waals surface area (Å²) in [7, 11) is 0. The first-order valence-electron chi connectivity index (χ1n) is 6.57. The number of hydrogen-bond acceptors (Lipinski definition) is 4. The van der Waals surface area contributed by atoms with Crippen LogP contribution in [0, 0.1) is 0 Å². The van der Waals surface area contributed by atoms with Crippen molar-refractivity contribution in [2.24, 2.45) is 0 Å². The minimum absolute atomic E-state index is 0.632. The molecule has 2 N–H and O–H groups in total. The zero-order valence-corrected chi connectivity index (χ0v) is 11.4. The van der Waals surface area contributed by atoms with Crippen LogP contribution in [0.3, 0.4) is 0 Å². The average molecular weight is 262 g/mol. The average Bonchev–Trinajstić information content (AvgIpc) is 3.08. The molecule has 2 aromatic rings. The Hall–Kier alpha value is -1.36. The van der Waals surface area contributed by atoms with Gasteiger partial charge in [-0.05, 0) is 19.8 Å². The van der Waals surface area contributed by atoms with Crippen LogP contribution >= 0.6 is 11.3 Å². The second kappa shape index (κ2) is 4.72. The van der Waals surface area contributed by atoms with Crippen molar-refractivity contribution in [2.45, 2.75) is 45.1 Å². The number of thiazole rings is 1. The van der Waals surface area contributed by atoms with Crippen LogP contribution in [0.5, 0.6) is 0 Å². The van der Waals surface area contributed by atoms with Crippen molar-refractivity contribution < 1.29 is 0 Å². The molecular formula is C13H18N4S. The van der Waals surface area contributed by atoms with Crippen molar-refractivity contribution in [3.63, 3.8) is 0 Å². The van der Waals surface area contributed by atoms with Gasteiger partial charge in [0.15, 0.2) is 0 Å². The normalized spacial score (nSPS) is 16.5. The molecule has 0 saturated heterocycles. The highest BCUT2D eigenvalue weighted by molar-refractivity contribution is 7.16. The Balaban J connectivity index is 1.92. The molecular weight excluding hydrogens is 244 g/mol. The largest absolute Gasteiger partial charge is 0.389 e. The zero-order chi connectivity index (χ0) is 12.5. The van der Waals surface area contributed by atoms with E-state index in [4.69, 9.17) is 10.7 Å². The lowest BCUT2D eigenvalue weighted by Crippen LogP contribution is -1.92. The Morgan fingerprint density at radius 3 is 2.89 bits per heavy atom. The smallest absolute Gasteiger partial charge is 0.114 e. The van der Waals surface area contributed by atoms with E-state index in [0.29, 0.717) is 5.92 Å². The van der Waals surface area contributed by atoms with Gasteiger partial charge in [-0.25, -0.2) is 4.98 Å². The summed E-state index contributed by atoms with van der Waals surface area (Å²) in [5, 5.41) is 6.32. The molecule has 1 saturated carbocycles. The summed E-state index contributed by atoms with van der Waals surface area (Å²) in [6.07, 6.45) is 9.05. The maximum absolute atomic E-state index is 6.11. The molecule has 2 heterocycles. The zero-order valence-electron chi connectivity index (χ0n) is 10.6. The third-order valence-electron chi connectivity index (χ3n) is 3.61. The van der Waals surface area contributed by atoms with Crippen LogP contribution in [0.1, 0.15) is 43.5 Å². The Labute approximate surface area is 111 Å². The lowest BCUT2D eigenvalue weighted by molar-refractivity contribution is 0.660. The quantitative estimate of drug-likeness (QED) is 0.923. The molecule has 0 amide bonds. The molecule has 5 heteroatoms. The summed E-state index contributed by atoms with van der Waals surface area (Å²) in [6.45, 7) is 2.95. The molecule has 1 aliphatic rings. The number of nitrogen functional groups attached to an aromatic ring is 1. The third-order valence-corrected chi connectivity index (χ3v) is 4.65. The van der Waals surface area contributed by atoms with Gasteiger partial charge in [0, 0.05) is 24.2 Å². The van der Waals surface area contributed by atoms with Crippen LogP contribution in [0.25, 0.3) is 11.3 Å². The third kappa shape index (κ3) is 2.03. The summed E-state index contributed by atoms with van der Waals surface area (Å²) < 4.78 is 1.91. The maximum Gasteiger partial charge on any atom is 0.114 e. The second-order valence-corrected chi connectivity index (χ2v) is 5.89. The lowest BCUT2D eigenvalue weighted by Gasteiger charge is -2.02. The van der Waals surface area contributed by atoms with Gasteiger partial charge in [-0.3, -0.25) is 4.68 Å². The van der Waals surface area contributed by atoms with E-state index in [1.54, 1.807) is 11.3 Å². The van der Waals surface area contributed by atoms with Gasteiger partial charge in [0.25, 0.3) is 0 Å². The van der Waals surface area contributed by atoms with Gasteiger partial charge in [0.2, 0.25) is 0 Å². The fourth-order valence-electron chi connectivity index (χ4n) is 2.56. The van der Waals surface area contributed by atoms with Gasteiger partial charge < -0.3 is 5.73 Å². The fraction of sp³-hybridized carbons (Fsp3) is 0.538. The van der Waals surface area contributed by atoms with Gasteiger partial charge in [-0.1, -0.05) is 12.8 Å². The van der Waals surface area contributed by atoms with Crippen molar-refractivity contribution in [3.05, 3.63) is 17.4 Å². The van der Waals surface area contributed by atoms with Crippen LogP contribution in [-0.2, 0) is 6.54 Å². The Bertz CT molecular complexity index is 537. The number of nitrogens with zero attached hydrogens (tertiary/aromatic N) is 3. The van der Waals surface area contributed by atoms with E-state index < -0.39 is 0 Å². The summed E-state index contributed by atoms with van der Waals surface area (Å²) in [4.78, 5) is 4.75. The number of hydrogen-bond donors (Lipinski definition) is 1. The molecule has 2 aromatic heterocycles. The van der Waals surface area contributed by atoms with Gasteiger partial charge in [0.05, 0.1) is 11.2 Å². The predicted octanol–water partition coefficient (Wildman–Crippen LogP) is 3.27. The highest BCUT2D eigenvalue weighted by Gasteiger charge is 2.22. The molecule has 0 aliphatic heterocycles. The molecule has 1 fully saturated rings. The van der Waals surface area contributed by atoms with Gasteiger partial charge in [-0.15, -0.1) is 11.3 Å². The molecule has 3 rings (SSSR count). The van der Waals surface area contributed by atoms with Gasteiger partial charge in [-0.2, -0.15) is 5.10 Å². The van der Waals surface area contributed by atoms with Crippen molar-refractivity contribution in [2.75, 3.05) is 5.73 Å². The van der Waals surface area contributed by atoms with E-state index in [1.807, 2.05) is 17.1 Å². The standard InChI is InChI=1S/C13H18N4S/c1-2-17-8-10(7-15-17)11-12(14)18-13(16-11)9-5-3-4-6-9/h7-9H,2-6,14H2,1H3. The molecule has 0 bridgehead atoms. The first-order valence-corrected chi connectivity index (χ1v) is 7.38. The van der Waals surface area contributed by atoms with Crippen molar-refractivity contribution in [1.29, 1.82) is 0 Å². The molecule has 1 aliphatic carbocycles. The lowest BCUT2D eigenvalue weighted by atomic mass is 10.1. The minimum Gasteiger partial charge on any atom is -0.389 e. The number of aryl methyl sites for hydroxylation is 1. The summed E-state index contributed by atoms with van der Waals surface area (Å²) in [6, 6.07) is 0. The molecule has 0 unspecified atom stereocenters. The van der Waals surface area contributed by atoms with Crippen LogP contribution in [0.4, 0.5) is 5.00 Å². The first-order chi connectivity index (χ1) is 8.78. The van der Waals surface area contributed by atoms with Crippen molar-refractivity contribution in [3.8, 4) is 11.3 Å². The Kier molecular flexibility index (Phi) is 3.07. The van der Waals surface area contributed by atoms with Crippen LogP contribution in [0.2, 0.25) is 0 Å². The molecule has 0 aromatic carbocycles. The summed E-state index contributed by atoms with van der Waals surface area (Å²) >= 11 is 1.65. The van der Waals surface area contributed by atoms with Crippen LogP contribution in [0.15, 0.2) is 12.4 Å². The molecule has 4 nitrogen and oxygen atoms in total. The van der Waals surface area contributed by atoms with E-state index >= 15 is 0 Å². The second-order valence-electron chi connectivity index (χ2n) is 4.83. The topological polar surface area (TPSA) is 56.7 Å². The highest BCUT2D eigenvalue weighted by atomic mass is 32.1. The van der Waals surface area contributed by atoms with E-state index in [2.05, 4.69) is 12.0 Å². The molecule has 0 atom stereocenters. The van der Waals surface area contributed by atoms with E-state index in [0.717, 1.165) is 22.8 Å². The summed E-state index contributed by atoms with van der Waals surface area (Å²) in [5.41, 5.74) is 8.07. The first kappa shape index (κ1) is 11.7. The molecule has 18 heavy (non-hydrogen) atoms. The van der Waals surface area contributed by atoms with Crippen molar-refractivity contribution in [1.82, 2.24) is 14.8 Å². The SMILES string of the molecule is CCn1cc(-c2nc(C3CCCC3)sc2N)cn1. The number of nitrogens with two attached hydrogens (primary N) is 1. The molecule has 0 radical (unpaired) electrons. The highest BCUT2D eigenvalue weighted by Crippen LogP contribution is 2.40. The summed E-state index contributed by atoms with van der Waals surface area (Å²) in [5.74, 6) is 0.632. The van der Waals surface area contributed by atoms with Gasteiger partial charge >= 0.3 is 0 Å². The van der Waals surface area contributed by atoms with Crippen LogP contribution < -0.4 is 5.73 Å². The predicted molar refractivity (Wildman–Crippen MR) is 74.6 cm³/mol. The van der Waals surface area contributed by atoms with E-state index in [1.165, 1.54) is 30.7 Å². The Morgan fingerprint density at radius 1 is 1.44 bits per heavy atom. The minimum atomic E-state index is 0.632. The molecule has 0 spiro atoms. The fourth-order valence-corrected chi connectivity index (χ4v) is 3.59. The monoisotopic (exact) mass is 262 g/mol. The maximum atomic E-state index is 6.11. The molecule has 96 valence electrons. The van der Waals surface area contributed by atoms with Gasteiger partial charge in [0.1, 0.15) is 10.7 Å². The number of rotatable bonds is 3. The number of anilines is 1. The van der Waals surface area contributed by atoms with Crippen molar-refractivity contribution >= 4 is 16.3 Å². The van der Waals surface area contributed by atoms with E-state index in [9.17, 15) is 0 Å². The van der Waals surface area contributed by atoms with E-state index in [-0.39, 0.29) is 0 Å².